The third kappa shape index (κ3) is 5.07. The zero-order valence-electron chi connectivity index (χ0n) is 10.6. The number of hydrogen-bond acceptors (Lipinski definition) is 3. The molecule has 0 radical (unpaired) electrons. The van der Waals surface area contributed by atoms with Crippen LogP contribution in [0.1, 0.15) is 13.3 Å². The normalized spacial score (nSPS) is 9.70. The molecule has 2 aromatic rings. The van der Waals surface area contributed by atoms with Crippen molar-refractivity contribution in [2.45, 2.75) is 13.3 Å². The number of benzene rings is 2. The summed E-state index contributed by atoms with van der Waals surface area (Å²) in [5, 5.41) is 0.578. The molecule has 0 spiro atoms. The van der Waals surface area contributed by atoms with Crippen LogP contribution in [0.5, 0.6) is 17.2 Å². The van der Waals surface area contributed by atoms with Gasteiger partial charge >= 0.3 is 0 Å². The van der Waals surface area contributed by atoms with Gasteiger partial charge in [-0.1, -0.05) is 36.7 Å². The molecule has 106 valence electrons. The van der Waals surface area contributed by atoms with Crippen LogP contribution in [0.15, 0.2) is 48.5 Å². The highest BCUT2D eigenvalue weighted by Crippen LogP contribution is 2.34. The molecular formula is C15H18AlClO3. The van der Waals surface area contributed by atoms with Gasteiger partial charge in [-0.3, -0.25) is 0 Å². The Morgan fingerprint density at radius 3 is 2.45 bits per heavy atom. The second-order valence-corrected chi connectivity index (χ2v) is 4.35. The smallest absolute Gasteiger partial charge is 0.207 e. The fourth-order valence-corrected chi connectivity index (χ4v) is 1.60. The van der Waals surface area contributed by atoms with E-state index in [1.165, 1.54) is 0 Å². The molecule has 0 unspecified atom stereocenters. The third-order valence-corrected chi connectivity index (χ3v) is 2.55. The Labute approximate surface area is 134 Å². The molecule has 2 aromatic carbocycles. The van der Waals surface area contributed by atoms with E-state index >= 15 is 0 Å². The molecule has 0 aliphatic rings. The number of hydrogen-bond donors (Lipinski definition) is 0. The van der Waals surface area contributed by atoms with Gasteiger partial charge in [0.15, 0.2) is 23.1 Å². The van der Waals surface area contributed by atoms with Crippen LogP contribution >= 0.6 is 11.6 Å². The van der Waals surface area contributed by atoms with Crippen LogP contribution in [0.25, 0.3) is 0 Å². The Balaban J connectivity index is 0.00000200. The molecule has 5 heteroatoms. The zero-order chi connectivity index (χ0) is 13.5. The molecular weight excluding hydrogens is 291 g/mol. The maximum absolute atomic E-state index is 5.97. The minimum absolute atomic E-state index is 0. The maximum Gasteiger partial charge on any atom is 0.207 e. The van der Waals surface area contributed by atoms with Crippen LogP contribution in [0.2, 0.25) is 5.02 Å². The van der Waals surface area contributed by atoms with E-state index in [9.17, 15) is 0 Å². The van der Waals surface area contributed by atoms with Crippen molar-refractivity contribution in [3.63, 3.8) is 0 Å². The van der Waals surface area contributed by atoms with E-state index < -0.39 is 0 Å². The molecule has 0 heterocycles. The average molecular weight is 309 g/mol. The van der Waals surface area contributed by atoms with Crippen molar-refractivity contribution < 1.29 is 14.5 Å². The molecule has 2 rings (SSSR count). The van der Waals surface area contributed by atoms with E-state index in [1.807, 2.05) is 37.3 Å². The van der Waals surface area contributed by atoms with E-state index in [0.29, 0.717) is 28.9 Å². The second kappa shape index (κ2) is 8.89. The van der Waals surface area contributed by atoms with Gasteiger partial charge in [0.05, 0.1) is 6.61 Å². The molecule has 0 N–H and O–H groups in total. The lowest BCUT2D eigenvalue weighted by Gasteiger charge is -2.11. The van der Waals surface area contributed by atoms with Crippen molar-refractivity contribution in [1.29, 1.82) is 0 Å². The fourth-order valence-electron chi connectivity index (χ4n) is 1.43. The van der Waals surface area contributed by atoms with Crippen molar-refractivity contribution in [3.05, 3.63) is 53.6 Å². The summed E-state index contributed by atoms with van der Waals surface area (Å²) in [6.45, 7) is 2.53. The van der Waals surface area contributed by atoms with Gasteiger partial charge in [0.2, 0.25) is 5.75 Å². The summed E-state index contributed by atoms with van der Waals surface area (Å²) in [6, 6.07) is 14.6. The largest absolute Gasteiger partial charge is 0.453 e. The fraction of sp³-hybridized carbons (Fsp3) is 0.200. The monoisotopic (exact) mass is 308 g/mol. The standard InChI is InChI=1S/C15H15ClO3.Al.3H/c1-2-10-17-19-14-9-8-12(16)11-15(14)18-13-6-4-3-5-7-13;;;;/h3-9,11H,2,10H2,1H3;;;;. The van der Waals surface area contributed by atoms with Gasteiger partial charge in [0.25, 0.3) is 0 Å². The van der Waals surface area contributed by atoms with Crippen molar-refractivity contribution in [3.8, 4) is 17.2 Å². The summed E-state index contributed by atoms with van der Waals surface area (Å²) in [7, 11) is 0. The predicted octanol–water partition coefficient (Wildman–Crippen LogP) is 3.67. The average Bonchev–Trinajstić information content (AvgIpc) is 2.43. The third-order valence-electron chi connectivity index (χ3n) is 2.31. The van der Waals surface area contributed by atoms with E-state index in [2.05, 4.69) is 0 Å². The van der Waals surface area contributed by atoms with Gasteiger partial charge < -0.3 is 9.62 Å². The van der Waals surface area contributed by atoms with Crippen LogP contribution in [0.3, 0.4) is 0 Å². The van der Waals surface area contributed by atoms with Crippen LogP contribution in [0.4, 0.5) is 0 Å². The highest BCUT2D eigenvalue weighted by molar-refractivity contribution is 6.30. The predicted molar refractivity (Wildman–Crippen MR) is 84.8 cm³/mol. The van der Waals surface area contributed by atoms with E-state index in [4.69, 9.17) is 26.1 Å². The number of halogens is 1. The second-order valence-electron chi connectivity index (χ2n) is 3.91. The van der Waals surface area contributed by atoms with Gasteiger partial charge in [-0.15, -0.1) is 0 Å². The Hall–Kier alpha value is -1.18. The molecule has 3 nitrogen and oxygen atoms in total. The summed E-state index contributed by atoms with van der Waals surface area (Å²) >= 11 is 5.97. The van der Waals surface area contributed by atoms with E-state index in [0.717, 1.165) is 6.42 Å². The minimum atomic E-state index is 0. The molecule has 0 fully saturated rings. The summed E-state index contributed by atoms with van der Waals surface area (Å²) in [4.78, 5) is 10.3. The highest BCUT2D eigenvalue weighted by atomic mass is 35.5. The van der Waals surface area contributed by atoms with Gasteiger partial charge in [0, 0.05) is 11.1 Å². The topological polar surface area (TPSA) is 27.7 Å². The van der Waals surface area contributed by atoms with Crippen molar-refractivity contribution >= 4 is 29.0 Å². The first-order valence-corrected chi connectivity index (χ1v) is 6.49. The molecule has 20 heavy (non-hydrogen) atoms. The Morgan fingerprint density at radius 1 is 1.00 bits per heavy atom. The molecule has 0 saturated heterocycles. The number of para-hydroxylation sites is 1. The Morgan fingerprint density at radius 2 is 1.75 bits per heavy atom. The lowest BCUT2D eigenvalue weighted by Crippen LogP contribution is -1.99. The lowest BCUT2D eigenvalue weighted by molar-refractivity contribution is -0.207. The minimum Gasteiger partial charge on any atom is -0.453 e. The summed E-state index contributed by atoms with van der Waals surface area (Å²) < 4.78 is 5.73. The van der Waals surface area contributed by atoms with Crippen LogP contribution in [0, 0.1) is 0 Å². The number of ether oxygens (including phenoxy) is 1. The first kappa shape index (κ1) is 16.9. The van der Waals surface area contributed by atoms with Gasteiger partial charge in [0.1, 0.15) is 5.75 Å². The molecule has 0 saturated carbocycles. The summed E-state index contributed by atoms with van der Waals surface area (Å²) in [6.07, 6.45) is 0.877. The first-order valence-electron chi connectivity index (χ1n) is 6.11. The van der Waals surface area contributed by atoms with Gasteiger partial charge in [-0.05, 0) is 30.7 Å². The SMILES string of the molecule is CCCOOc1ccc(Cl)cc1Oc1ccccc1.[AlH3]. The quantitative estimate of drug-likeness (QED) is 0.353. The van der Waals surface area contributed by atoms with Crippen molar-refractivity contribution in [2.75, 3.05) is 6.61 Å². The zero-order valence-corrected chi connectivity index (χ0v) is 11.4. The number of rotatable bonds is 6. The lowest BCUT2D eigenvalue weighted by atomic mass is 10.3. The molecule has 0 aromatic heterocycles. The molecule has 0 aliphatic heterocycles. The molecule has 0 amide bonds. The highest BCUT2D eigenvalue weighted by Gasteiger charge is 2.08. The molecule has 0 bridgehead atoms. The maximum atomic E-state index is 5.97. The van der Waals surface area contributed by atoms with Crippen molar-refractivity contribution in [2.24, 2.45) is 0 Å². The van der Waals surface area contributed by atoms with Crippen LogP contribution < -0.4 is 9.62 Å². The Kier molecular flexibility index (Phi) is 7.50. The summed E-state index contributed by atoms with van der Waals surface area (Å²) in [5.41, 5.74) is 0. The van der Waals surface area contributed by atoms with E-state index in [-0.39, 0.29) is 17.4 Å². The van der Waals surface area contributed by atoms with Crippen LogP contribution in [-0.2, 0) is 4.89 Å². The summed E-state index contributed by atoms with van der Waals surface area (Å²) in [5.74, 6) is 1.74. The van der Waals surface area contributed by atoms with Gasteiger partial charge in [-0.2, -0.15) is 4.89 Å². The van der Waals surface area contributed by atoms with E-state index in [1.54, 1.807) is 18.2 Å². The molecule has 0 atom stereocenters. The van der Waals surface area contributed by atoms with Crippen LogP contribution in [-0.4, -0.2) is 24.0 Å². The first-order chi connectivity index (χ1) is 9.29. The molecule has 0 aliphatic carbocycles. The van der Waals surface area contributed by atoms with Crippen molar-refractivity contribution in [1.82, 2.24) is 0 Å². The Bertz CT molecular complexity index is 520. The van der Waals surface area contributed by atoms with Gasteiger partial charge in [-0.25, -0.2) is 0 Å².